The van der Waals surface area contributed by atoms with Crippen LogP contribution in [0.3, 0.4) is 0 Å². The zero-order valence-corrected chi connectivity index (χ0v) is 16.5. The van der Waals surface area contributed by atoms with E-state index in [0.29, 0.717) is 29.1 Å². The normalized spacial score (nSPS) is 43.4. The van der Waals surface area contributed by atoms with Gasteiger partial charge in [0.15, 0.2) is 0 Å². The molecule has 5 fully saturated rings. The number of fused-ring (bicyclic) bond motifs is 4. The standard InChI is InChI=1S/C21H30N4O2/c1-23(2)19(27)24-12-14-8-21(9-15(14)13-24)17-10-20(17,21)6-5-18(26)25-7-3-4-16(25)11-22/h14-17H,3-10,12-13H2,1-2H3/t14-,15?,16+,17?,20?,21?/m1/s1. The number of carbonyl (C=O) groups excluding carboxylic acids is 2. The molecule has 0 radical (unpaired) electrons. The summed E-state index contributed by atoms with van der Waals surface area (Å²) in [6, 6.07) is 2.24. The van der Waals surface area contributed by atoms with Crippen LogP contribution in [0.1, 0.15) is 44.9 Å². The van der Waals surface area contributed by atoms with Crippen LogP contribution in [0.15, 0.2) is 0 Å². The average molecular weight is 370 g/mol. The topological polar surface area (TPSA) is 67.7 Å². The lowest BCUT2D eigenvalue weighted by molar-refractivity contribution is -0.131. The summed E-state index contributed by atoms with van der Waals surface area (Å²) in [5.74, 6) is 2.36. The maximum absolute atomic E-state index is 12.6. The van der Waals surface area contributed by atoms with Gasteiger partial charge < -0.3 is 14.7 Å². The molecule has 2 saturated heterocycles. The highest BCUT2D eigenvalue weighted by atomic mass is 16.2. The fourth-order valence-corrected chi connectivity index (χ4v) is 7.16. The molecule has 5 rings (SSSR count). The Balaban J connectivity index is 1.16. The molecule has 6 heteroatoms. The molecule has 0 aromatic carbocycles. The van der Waals surface area contributed by atoms with E-state index in [4.69, 9.17) is 0 Å². The first-order chi connectivity index (χ1) is 12.9. The van der Waals surface area contributed by atoms with Crippen LogP contribution in [-0.2, 0) is 4.79 Å². The van der Waals surface area contributed by atoms with Crippen LogP contribution in [0.2, 0.25) is 0 Å². The second-order valence-electron chi connectivity index (χ2n) is 9.95. The number of hydrogen-bond donors (Lipinski definition) is 0. The fourth-order valence-electron chi connectivity index (χ4n) is 7.16. The highest BCUT2D eigenvalue weighted by Crippen LogP contribution is 2.94. The Hall–Kier alpha value is -1.77. The van der Waals surface area contributed by atoms with E-state index in [9.17, 15) is 14.9 Å². The van der Waals surface area contributed by atoms with Gasteiger partial charge in [-0.15, -0.1) is 0 Å². The Morgan fingerprint density at radius 1 is 1.19 bits per heavy atom. The molecule has 6 atom stereocenters. The molecule has 2 heterocycles. The minimum Gasteiger partial charge on any atom is -0.331 e. The summed E-state index contributed by atoms with van der Waals surface area (Å²) in [5, 5.41) is 9.21. The number of urea groups is 1. The molecule has 27 heavy (non-hydrogen) atoms. The third-order valence-electron chi connectivity index (χ3n) is 8.64. The number of hydrogen-bond acceptors (Lipinski definition) is 3. The highest BCUT2D eigenvalue weighted by Gasteiger charge is 2.88. The largest absolute Gasteiger partial charge is 0.331 e. The number of amides is 3. The van der Waals surface area contributed by atoms with Gasteiger partial charge in [-0.3, -0.25) is 4.79 Å². The molecule has 6 nitrogen and oxygen atoms in total. The van der Waals surface area contributed by atoms with E-state index in [2.05, 4.69) is 6.07 Å². The van der Waals surface area contributed by atoms with E-state index >= 15 is 0 Å². The number of likely N-dealkylation sites (tertiary alicyclic amines) is 2. The minimum absolute atomic E-state index is 0.150. The van der Waals surface area contributed by atoms with Gasteiger partial charge in [-0.1, -0.05) is 0 Å². The average Bonchev–Trinajstić information content (AvgIpc) is 3.16. The van der Waals surface area contributed by atoms with Crippen molar-refractivity contribution >= 4 is 11.9 Å². The van der Waals surface area contributed by atoms with Crippen molar-refractivity contribution in [2.75, 3.05) is 33.7 Å². The summed E-state index contributed by atoms with van der Waals surface area (Å²) in [4.78, 5) is 30.4. The maximum Gasteiger partial charge on any atom is 0.319 e. The van der Waals surface area contributed by atoms with Gasteiger partial charge in [0.05, 0.1) is 6.07 Å². The first kappa shape index (κ1) is 17.3. The third-order valence-corrected chi connectivity index (χ3v) is 8.64. The van der Waals surface area contributed by atoms with Gasteiger partial charge in [-0.2, -0.15) is 5.26 Å². The van der Waals surface area contributed by atoms with Gasteiger partial charge in [0, 0.05) is 40.2 Å². The van der Waals surface area contributed by atoms with Gasteiger partial charge in [0.1, 0.15) is 6.04 Å². The van der Waals surface area contributed by atoms with E-state index in [0.717, 1.165) is 44.8 Å². The van der Waals surface area contributed by atoms with Crippen LogP contribution >= 0.6 is 0 Å². The molecule has 0 bridgehead atoms. The molecule has 1 spiro atoms. The van der Waals surface area contributed by atoms with Crippen molar-refractivity contribution in [1.82, 2.24) is 14.7 Å². The Morgan fingerprint density at radius 3 is 2.48 bits per heavy atom. The Bertz CT molecular complexity index is 714. The summed E-state index contributed by atoms with van der Waals surface area (Å²) in [5.41, 5.74) is 0.931. The van der Waals surface area contributed by atoms with Crippen molar-refractivity contribution in [2.45, 2.75) is 51.0 Å². The van der Waals surface area contributed by atoms with Crippen LogP contribution in [0.5, 0.6) is 0 Å². The summed E-state index contributed by atoms with van der Waals surface area (Å²) in [6.07, 6.45) is 7.28. The predicted octanol–water partition coefficient (Wildman–Crippen LogP) is 2.31. The number of carbonyl (C=O) groups is 2. The third kappa shape index (κ3) is 2.30. The van der Waals surface area contributed by atoms with E-state index < -0.39 is 0 Å². The summed E-state index contributed by atoms with van der Waals surface area (Å²) in [6.45, 7) is 2.60. The van der Waals surface area contributed by atoms with Gasteiger partial charge in [-0.05, 0) is 67.1 Å². The molecule has 4 unspecified atom stereocenters. The molecule has 3 saturated carbocycles. The molecule has 0 N–H and O–H groups in total. The zero-order valence-electron chi connectivity index (χ0n) is 16.5. The van der Waals surface area contributed by atoms with Gasteiger partial charge in [-0.25, -0.2) is 4.79 Å². The number of nitriles is 1. The predicted molar refractivity (Wildman–Crippen MR) is 99.4 cm³/mol. The number of nitrogens with zero attached hydrogens (tertiary/aromatic N) is 4. The Morgan fingerprint density at radius 2 is 1.89 bits per heavy atom. The molecule has 3 amide bonds. The van der Waals surface area contributed by atoms with E-state index in [1.807, 2.05) is 23.9 Å². The van der Waals surface area contributed by atoms with Crippen LogP contribution in [0.4, 0.5) is 4.79 Å². The smallest absolute Gasteiger partial charge is 0.319 e. The van der Waals surface area contributed by atoms with Crippen molar-refractivity contribution in [3.63, 3.8) is 0 Å². The lowest BCUT2D eigenvalue weighted by Crippen LogP contribution is -2.38. The lowest BCUT2D eigenvalue weighted by Gasteiger charge is -2.27. The van der Waals surface area contributed by atoms with Crippen LogP contribution in [0.25, 0.3) is 0 Å². The van der Waals surface area contributed by atoms with Crippen molar-refractivity contribution < 1.29 is 9.59 Å². The van der Waals surface area contributed by atoms with E-state index in [1.165, 1.54) is 19.3 Å². The monoisotopic (exact) mass is 370 g/mol. The fraction of sp³-hybridized carbons (Fsp3) is 0.857. The summed E-state index contributed by atoms with van der Waals surface area (Å²) < 4.78 is 0. The van der Waals surface area contributed by atoms with Crippen LogP contribution < -0.4 is 0 Å². The highest BCUT2D eigenvalue weighted by molar-refractivity contribution is 5.77. The van der Waals surface area contributed by atoms with E-state index in [-0.39, 0.29) is 18.0 Å². The first-order valence-corrected chi connectivity index (χ1v) is 10.6. The molecular formula is C21H30N4O2. The van der Waals surface area contributed by atoms with E-state index in [1.54, 1.807) is 4.90 Å². The lowest BCUT2D eigenvalue weighted by atomic mass is 9.82. The van der Waals surface area contributed by atoms with Crippen molar-refractivity contribution in [1.29, 1.82) is 5.26 Å². The molecular weight excluding hydrogens is 340 g/mol. The first-order valence-electron chi connectivity index (χ1n) is 10.6. The molecule has 0 aromatic rings. The quantitative estimate of drug-likeness (QED) is 0.766. The second kappa shape index (κ2) is 5.62. The Kier molecular flexibility index (Phi) is 3.61. The van der Waals surface area contributed by atoms with Crippen LogP contribution in [0, 0.1) is 39.9 Å². The SMILES string of the molecule is CN(C)C(=O)N1CC2CC3(C[C@@H]2C1)C1CC13CCC(=O)N1CCC[C@H]1C#N. The molecule has 2 aliphatic heterocycles. The van der Waals surface area contributed by atoms with Crippen molar-refractivity contribution in [3.8, 4) is 6.07 Å². The summed E-state index contributed by atoms with van der Waals surface area (Å²) >= 11 is 0. The molecule has 0 aromatic heterocycles. The van der Waals surface area contributed by atoms with Gasteiger partial charge >= 0.3 is 6.03 Å². The molecule has 146 valence electrons. The maximum atomic E-state index is 12.6. The summed E-state index contributed by atoms with van der Waals surface area (Å²) in [7, 11) is 3.66. The van der Waals surface area contributed by atoms with Crippen molar-refractivity contribution in [2.24, 2.45) is 28.6 Å². The second-order valence-corrected chi connectivity index (χ2v) is 9.95. The minimum atomic E-state index is -0.191. The Labute approximate surface area is 161 Å². The van der Waals surface area contributed by atoms with Crippen LogP contribution in [-0.4, -0.2) is 66.4 Å². The number of rotatable bonds is 3. The van der Waals surface area contributed by atoms with Crippen molar-refractivity contribution in [3.05, 3.63) is 0 Å². The molecule has 5 aliphatic rings. The molecule has 3 aliphatic carbocycles. The zero-order chi connectivity index (χ0) is 19.0. The van der Waals surface area contributed by atoms with Gasteiger partial charge in [0.2, 0.25) is 5.91 Å². The van der Waals surface area contributed by atoms with Gasteiger partial charge in [0.25, 0.3) is 0 Å².